The van der Waals surface area contributed by atoms with Gasteiger partial charge in [0.2, 0.25) is 5.13 Å². The van der Waals surface area contributed by atoms with Crippen LogP contribution in [-0.2, 0) is 15.1 Å². The van der Waals surface area contributed by atoms with Crippen molar-refractivity contribution in [3.05, 3.63) is 5.82 Å². The highest BCUT2D eigenvalue weighted by atomic mass is 32.1. The van der Waals surface area contributed by atoms with E-state index >= 15 is 0 Å². The molecule has 1 fully saturated rings. The molecular weight excluding hydrogens is 226 g/mol. The largest absolute Gasteiger partial charge is 0.383 e. The Morgan fingerprint density at radius 1 is 1.62 bits per heavy atom. The summed E-state index contributed by atoms with van der Waals surface area (Å²) in [5.74, 6) is 0.801. The molecule has 0 bridgehead atoms. The van der Waals surface area contributed by atoms with E-state index in [1.54, 1.807) is 7.11 Å². The summed E-state index contributed by atoms with van der Waals surface area (Å²) < 4.78 is 15.0. The summed E-state index contributed by atoms with van der Waals surface area (Å²) in [6.07, 6.45) is 2.09. The Kier molecular flexibility index (Phi) is 3.73. The van der Waals surface area contributed by atoms with Crippen LogP contribution in [0.5, 0.6) is 0 Å². The van der Waals surface area contributed by atoms with Crippen molar-refractivity contribution in [2.45, 2.75) is 25.4 Å². The molecule has 2 heterocycles. The summed E-state index contributed by atoms with van der Waals surface area (Å²) in [6.45, 7) is 4.29. The molecule has 90 valence electrons. The van der Waals surface area contributed by atoms with Crippen LogP contribution < -0.4 is 5.32 Å². The number of methoxy groups -OCH3 is 1. The number of nitrogens with zero attached hydrogens (tertiary/aromatic N) is 2. The van der Waals surface area contributed by atoms with Gasteiger partial charge >= 0.3 is 0 Å². The van der Waals surface area contributed by atoms with Gasteiger partial charge < -0.3 is 14.8 Å². The van der Waals surface area contributed by atoms with Gasteiger partial charge in [-0.05, 0) is 19.8 Å². The van der Waals surface area contributed by atoms with Gasteiger partial charge in [-0.15, -0.1) is 0 Å². The fourth-order valence-electron chi connectivity index (χ4n) is 1.73. The van der Waals surface area contributed by atoms with Crippen molar-refractivity contribution in [3.8, 4) is 0 Å². The summed E-state index contributed by atoms with van der Waals surface area (Å²) in [5, 5.41) is 4.01. The van der Waals surface area contributed by atoms with Gasteiger partial charge in [-0.25, -0.2) is 4.98 Å². The quantitative estimate of drug-likeness (QED) is 0.796. The zero-order valence-corrected chi connectivity index (χ0v) is 10.5. The van der Waals surface area contributed by atoms with E-state index in [1.165, 1.54) is 11.5 Å². The van der Waals surface area contributed by atoms with Gasteiger partial charge in [-0.2, -0.15) is 4.37 Å². The molecule has 1 aromatic heterocycles. The minimum atomic E-state index is -0.280. The topological polar surface area (TPSA) is 56.3 Å². The second-order valence-electron chi connectivity index (χ2n) is 4.03. The van der Waals surface area contributed by atoms with Crippen LogP contribution in [0.4, 0.5) is 5.13 Å². The van der Waals surface area contributed by atoms with Crippen LogP contribution in [0.15, 0.2) is 0 Å². The minimum Gasteiger partial charge on any atom is -0.383 e. The summed E-state index contributed by atoms with van der Waals surface area (Å²) >= 11 is 1.38. The molecule has 1 N–H and O–H groups in total. The highest BCUT2D eigenvalue weighted by Gasteiger charge is 2.35. The lowest BCUT2D eigenvalue weighted by atomic mass is 10.0. The molecule has 6 heteroatoms. The molecule has 1 atom stereocenters. The summed E-state index contributed by atoms with van der Waals surface area (Å²) in [7, 11) is 1.68. The van der Waals surface area contributed by atoms with Gasteiger partial charge in [0.15, 0.2) is 5.82 Å². The molecule has 1 saturated heterocycles. The molecule has 0 radical (unpaired) electrons. The number of anilines is 1. The Hall–Kier alpha value is -0.720. The highest BCUT2D eigenvalue weighted by molar-refractivity contribution is 7.09. The highest BCUT2D eigenvalue weighted by Crippen LogP contribution is 2.34. The SMILES string of the molecule is COCCNc1nc(C2(C)CCCO2)ns1. The van der Waals surface area contributed by atoms with Crippen molar-refractivity contribution in [1.82, 2.24) is 9.36 Å². The van der Waals surface area contributed by atoms with Crippen LogP contribution in [0.25, 0.3) is 0 Å². The molecule has 16 heavy (non-hydrogen) atoms. The second kappa shape index (κ2) is 5.07. The lowest BCUT2D eigenvalue weighted by molar-refractivity contribution is 0.0104. The molecule has 1 aromatic rings. The molecule has 1 unspecified atom stereocenters. The van der Waals surface area contributed by atoms with Crippen molar-refractivity contribution in [3.63, 3.8) is 0 Å². The number of nitrogens with one attached hydrogen (secondary N) is 1. The maximum Gasteiger partial charge on any atom is 0.202 e. The van der Waals surface area contributed by atoms with Crippen molar-refractivity contribution in [2.24, 2.45) is 0 Å². The molecule has 0 spiro atoms. The van der Waals surface area contributed by atoms with Crippen LogP contribution >= 0.6 is 11.5 Å². The third-order valence-corrected chi connectivity index (χ3v) is 3.37. The third kappa shape index (κ3) is 2.50. The molecule has 5 nitrogen and oxygen atoms in total. The summed E-state index contributed by atoms with van der Waals surface area (Å²) in [4.78, 5) is 4.45. The van der Waals surface area contributed by atoms with E-state index < -0.39 is 0 Å². The lowest BCUT2D eigenvalue weighted by Gasteiger charge is -2.18. The molecule has 1 aliphatic rings. The van der Waals surface area contributed by atoms with Crippen LogP contribution in [0.3, 0.4) is 0 Å². The van der Waals surface area contributed by atoms with Gasteiger partial charge in [0, 0.05) is 31.8 Å². The number of hydrogen-bond donors (Lipinski definition) is 1. The predicted molar refractivity (Wildman–Crippen MR) is 62.8 cm³/mol. The number of rotatable bonds is 5. The van der Waals surface area contributed by atoms with Gasteiger partial charge in [-0.3, -0.25) is 0 Å². The molecular formula is C10H17N3O2S. The smallest absolute Gasteiger partial charge is 0.202 e. The summed E-state index contributed by atoms with van der Waals surface area (Å²) in [5.41, 5.74) is -0.280. The first-order valence-corrected chi connectivity index (χ1v) is 6.23. The van der Waals surface area contributed by atoms with Crippen LogP contribution in [0.2, 0.25) is 0 Å². The van der Waals surface area contributed by atoms with Crippen molar-refractivity contribution in [1.29, 1.82) is 0 Å². The van der Waals surface area contributed by atoms with E-state index in [-0.39, 0.29) is 5.60 Å². The number of hydrogen-bond acceptors (Lipinski definition) is 6. The number of ether oxygens (including phenoxy) is 2. The van der Waals surface area contributed by atoms with Crippen molar-refractivity contribution in [2.75, 3.05) is 32.2 Å². The zero-order chi connectivity index (χ0) is 11.4. The Morgan fingerprint density at radius 3 is 3.19 bits per heavy atom. The van der Waals surface area contributed by atoms with Gasteiger partial charge in [-0.1, -0.05) is 0 Å². The zero-order valence-electron chi connectivity index (χ0n) is 9.65. The van der Waals surface area contributed by atoms with E-state index in [4.69, 9.17) is 9.47 Å². The summed E-state index contributed by atoms with van der Waals surface area (Å²) in [6, 6.07) is 0. The van der Waals surface area contributed by atoms with E-state index in [2.05, 4.69) is 21.6 Å². The fourth-order valence-corrected chi connectivity index (χ4v) is 2.43. The van der Waals surface area contributed by atoms with Crippen LogP contribution in [0.1, 0.15) is 25.6 Å². The minimum absolute atomic E-state index is 0.280. The van der Waals surface area contributed by atoms with E-state index in [1.807, 2.05) is 0 Å². The molecule has 1 aliphatic heterocycles. The maximum absolute atomic E-state index is 5.69. The Bertz CT molecular complexity index is 337. The standard InChI is InChI=1S/C10H17N3O2S/c1-10(4-3-6-15-10)8-12-9(16-13-8)11-5-7-14-2/h3-7H2,1-2H3,(H,11,12,13). The lowest BCUT2D eigenvalue weighted by Crippen LogP contribution is -2.21. The van der Waals surface area contributed by atoms with Crippen LogP contribution in [0, 0.1) is 0 Å². The molecule has 0 aliphatic carbocycles. The normalized spacial score (nSPS) is 24.9. The predicted octanol–water partition coefficient (Wildman–Crippen LogP) is 1.62. The molecule has 2 rings (SSSR count). The maximum atomic E-state index is 5.69. The number of aromatic nitrogens is 2. The molecule has 0 amide bonds. The fraction of sp³-hybridized carbons (Fsp3) is 0.800. The Balaban J connectivity index is 1.96. The first-order valence-electron chi connectivity index (χ1n) is 5.45. The van der Waals surface area contributed by atoms with Gasteiger partial charge in [0.1, 0.15) is 5.60 Å². The van der Waals surface area contributed by atoms with Crippen molar-refractivity contribution >= 4 is 16.7 Å². The third-order valence-electron chi connectivity index (χ3n) is 2.70. The second-order valence-corrected chi connectivity index (χ2v) is 4.78. The Labute approximate surface area is 99.3 Å². The first-order chi connectivity index (χ1) is 7.74. The van der Waals surface area contributed by atoms with E-state index in [0.717, 1.165) is 36.9 Å². The average molecular weight is 243 g/mol. The Morgan fingerprint density at radius 2 is 2.50 bits per heavy atom. The van der Waals surface area contributed by atoms with E-state index in [0.29, 0.717) is 6.61 Å². The molecule has 0 saturated carbocycles. The van der Waals surface area contributed by atoms with Gasteiger partial charge in [0.25, 0.3) is 0 Å². The van der Waals surface area contributed by atoms with Crippen LogP contribution in [-0.4, -0.2) is 36.2 Å². The monoisotopic (exact) mass is 243 g/mol. The molecule has 0 aromatic carbocycles. The van der Waals surface area contributed by atoms with E-state index in [9.17, 15) is 0 Å². The van der Waals surface area contributed by atoms with Crippen molar-refractivity contribution < 1.29 is 9.47 Å². The average Bonchev–Trinajstić information content (AvgIpc) is 2.88. The van der Waals surface area contributed by atoms with Gasteiger partial charge in [0.05, 0.1) is 6.61 Å². The first kappa shape index (κ1) is 11.8.